The number of carboxylic acid groups (broad SMARTS) is 1. The van der Waals surface area contributed by atoms with E-state index < -0.39 is 18.1 Å². The number of amides is 1. The van der Waals surface area contributed by atoms with Crippen molar-refractivity contribution in [3.05, 3.63) is 77.2 Å². The molecule has 1 aliphatic rings. The lowest BCUT2D eigenvalue weighted by atomic mass is 9.98. The number of carbonyl (C=O) groups is 2. The predicted octanol–water partition coefficient (Wildman–Crippen LogP) is 4.98. The summed E-state index contributed by atoms with van der Waals surface area (Å²) >= 11 is 1.30. The number of hydrogen-bond donors (Lipinski definition) is 1. The summed E-state index contributed by atoms with van der Waals surface area (Å²) in [5.41, 5.74) is 4.53. The molecule has 0 saturated carbocycles. The molecule has 4 rings (SSSR count). The van der Waals surface area contributed by atoms with E-state index in [1.165, 1.54) is 23.2 Å². The molecule has 1 heterocycles. The Labute approximate surface area is 166 Å². The Kier molecular flexibility index (Phi) is 4.88. The quantitative estimate of drug-likeness (QED) is 0.664. The summed E-state index contributed by atoms with van der Waals surface area (Å²) in [5.74, 6) is -1.15. The SMILES string of the molecule is C[C@@H](C(=O)O)N(C(=O)OCC1c2ccccc2-c2ccccc21)c1cccs1. The van der Waals surface area contributed by atoms with Crippen LogP contribution in [0.25, 0.3) is 11.1 Å². The van der Waals surface area contributed by atoms with Crippen LogP contribution in [0.2, 0.25) is 0 Å². The highest BCUT2D eigenvalue weighted by Crippen LogP contribution is 2.44. The first-order valence-electron chi connectivity index (χ1n) is 8.98. The van der Waals surface area contributed by atoms with Gasteiger partial charge in [0.05, 0.1) is 0 Å². The second kappa shape index (κ2) is 7.48. The predicted molar refractivity (Wildman–Crippen MR) is 109 cm³/mol. The van der Waals surface area contributed by atoms with Crippen molar-refractivity contribution in [1.29, 1.82) is 0 Å². The van der Waals surface area contributed by atoms with Gasteiger partial charge in [-0.1, -0.05) is 48.5 Å². The summed E-state index contributed by atoms with van der Waals surface area (Å²) in [7, 11) is 0. The van der Waals surface area contributed by atoms with Crippen molar-refractivity contribution >= 4 is 28.4 Å². The molecule has 1 aromatic heterocycles. The normalized spacial score (nSPS) is 13.5. The third-order valence-electron chi connectivity index (χ3n) is 5.02. The molecule has 1 aliphatic carbocycles. The van der Waals surface area contributed by atoms with Crippen molar-refractivity contribution in [3.8, 4) is 11.1 Å². The van der Waals surface area contributed by atoms with Crippen LogP contribution in [0.5, 0.6) is 0 Å². The maximum atomic E-state index is 12.8. The molecule has 2 aromatic carbocycles. The Morgan fingerprint density at radius 3 is 2.18 bits per heavy atom. The van der Waals surface area contributed by atoms with Crippen LogP contribution in [-0.4, -0.2) is 29.8 Å². The molecule has 142 valence electrons. The molecule has 0 aliphatic heterocycles. The van der Waals surface area contributed by atoms with Gasteiger partial charge in [-0.2, -0.15) is 0 Å². The third kappa shape index (κ3) is 3.16. The number of carboxylic acids is 1. The van der Waals surface area contributed by atoms with Crippen molar-refractivity contribution in [2.45, 2.75) is 18.9 Å². The minimum absolute atomic E-state index is 0.0679. The molecule has 3 aromatic rings. The Balaban J connectivity index is 1.58. The van der Waals surface area contributed by atoms with E-state index >= 15 is 0 Å². The van der Waals surface area contributed by atoms with E-state index in [4.69, 9.17) is 4.74 Å². The Morgan fingerprint density at radius 1 is 1.04 bits per heavy atom. The number of rotatable bonds is 5. The number of carbonyl (C=O) groups excluding carboxylic acids is 1. The summed E-state index contributed by atoms with van der Waals surface area (Å²) in [5, 5.41) is 11.7. The van der Waals surface area contributed by atoms with Gasteiger partial charge in [0.15, 0.2) is 0 Å². The van der Waals surface area contributed by atoms with Crippen LogP contribution in [0.1, 0.15) is 24.0 Å². The van der Waals surface area contributed by atoms with Crippen LogP contribution < -0.4 is 4.90 Å². The molecule has 1 atom stereocenters. The highest BCUT2D eigenvalue weighted by atomic mass is 32.1. The van der Waals surface area contributed by atoms with E-state index in [0.717, 1.165) is 22.3 Å². The van der Waals surface area contributed by atoms with Gasteiger partial charge in [0.1, 0.15) is 17.6 Å². The van der Waals surface area contributed by atoms with Crippen molar-refractivity contribution in [3.63, 3.8) is 0 Å². The van der Waals surface area contributed by atoms with Crippen molar-refractivity contribution in [2.24, 2.45) is 0 Å². The molecular weight excluding hydrogens is 374 g/mol. The molecule has 1 amide bonds. The van der Waals surface area contributed by atoms with Crippen LogP contribution in [0.15, 0.2) is 66.0 Å². The highest BCUT2D eigenvalue weighted by Gasteiger charge is 2.32. The molecule has 0 radical (unpaired) electrons. The van der Waals surface area contributed by atoms with Gasteiger partial charge in [-0.3, -0.25) is 4.90 Å². The molecule has 0 fully saturated rings. The first-order valence-corrected chi connectivity index (χ1v) is 9.86. The molecule has 0 unspecified atom stereocenters. The van der Waals surface area contributed by atoms with Crippen molar-refractivity contribution < 1.29 is 19.4 Å². The zero-order valence-electron chi connectivity index (χ0n) is 15.2. The molecule has 5 nitrogen and oxygen atoms in total. The van der Waals surface area contributed by atoms with Gasteiger partial charge in [-0.25, -0.2) is 9.59 Å². The lowest BCUT2D eigenvalue weighted by Gasteiger charge is -2.25. The van der Waals surface area contributed by atoms with Crippen LogP contribution in [0, 0.1) is 0 Å². The minimum atomic E-state index is -1.08. The number of fused-ring (bicyclic) bond motifs is 3. The van der Waals surface area contributed by atoms with Gasteiger partial charge >= 0.3 is 12.1 Å². The fourth-order valence-corrected chi connectivity index (χ4v) is 4.42. The number of hydrogen-bond acceptors (Lipinski definition) is 4. The smallest absolute Gasteiger partial charge is 0.415 e. The monoisotopic (exact) mass is 393 g/mol. The minimum Gasteiger partial charge on any atom is -0.480 e. The van der Waals surface area contributed by atoms with E-state index in [-0.39, 0.29) is 12.5 Å². The summed E-state index contributed by atoms with van der Waals surface area (Å²) in [6, 6.07) is 18.6. The summed E-state index contributed by atoms with van der Waals surface area (Å²) in [4.78, 5) is 25.5. The van der Waals surface area contributed by atoms with Crippen LogP contribution in [0.3, 0.4) is 0 Å². The van der Waals surface area contributed by atoms with Crippen LogP contribution >= 0.6 is 11.3 Å². The standard InChI is InChI=1S/C22H19NO4S/c1-14(21(24)25)23(20-11-6-12-28-20)22(26)27-13-19-17-9-4-2-7-15(17)16-8-3-5-10-18(16)19/h2-12,14,19H,13H2,1H3,(H,24,25)/t14-/m0/s1. The number of ether oxygens (including phenoxy) is 1. The Morgan fingerprint density at radius 2 is 1.64 bits per heavy atom. The fourth-order valence-electron chi connectivity index (χ4n) is 3.62. The van der Waals surface area contributed by atoms with E-state index in [0.29, 0.717) is 5.00 Å². The number of aliphatic carboxylic acids is 1. The van der Waals surface area contributed by atoms with Crippen molar-refractivity contribution in [2.75, 3.05) is 11.5 Å². The molecule has 28 heavy (non-hydrogen) atoms. The van der Waals surface area contributed by atoms with Crippen LogP contribution in [0.4, 0.5) is 9.80 Å². The van der Waals surface area contributed by atoms with Gasteiger partial charge in [-0.05, 0) is 46.7 Å². The Hall–Kier alpha value is -3.12. The lowest BCUT2D eigenvalue weighted by Crippen LogP contribution is -2.43. The average Bonchev–Trinajstić information content (AvgIpc) is 3.33. The van der Waals surface area contributed by atoms with E-state index in [1.54, 1.807) is 17.5 Å². The first-order chi connectivity index (χ1) is 13.6. The second-order valence-corrected chi connectivity index (χ2v) is 7.57. The Bertz CT molecular complexity index is 969. The van der Waals surface area contributed by atoms with E-state index in [2.05, 4.69) is 12.1 Å². The number of thiophene rings is 1. The summed E-state index contributed by atoms with van der Waals surface area (Å²) < 4.78 is 5.63. The molecule has 0 bridgehead atoms. The van der Waals surface area contributed by atoms with Gasteiger partial charge in [-0.15, -0.1) is 11.3 Å². The second-order valence-electron chi connectivity index (χ2n) is 6.64. The molecule has 1 N–H and O–H groups in total. The molecular formula is C22H19NO4S. The third-order valence-corrected chi connectivity index (χ3v) is 5.89. The van der Waals surface area contributed by atoms with Gasteiger partial charge in [0.2, 0.25) is 0 Å². The number of nitrogens with zero attached hydrogens (tertiary/aromatic N) is 1. The van der Waals surface area contributed by atoms with Gasteiger partial charge in [0.25, 0.3) is 0 Å². The van der Waals surface area contributed by atoms with Gasteiger partial charge in [0, 0.05) is 5.92 Å². The van der Waals surface area contributed by atoms with Gasteiger partial charge < -0.3 is 9.84 Å². The highest BCUT2D eigenvalue weighted by molar-refractivity contribution is 7.14. The fraction of sp³-hybridized carbons (Fsp3) is 0.182. The maximum Gasteiger partial charge on any atom is 0.415 e. The maximum absolute atomic E-state index is 12.8. The molecule has 6 heteroatoms. The zero-order chi connectivity index (χ0) is 19.7. The largest absolute Gasteiger partial charge is 0.480 e. The number of anilines is 1. The van der Waals surface area contributed by atoms with E-state index in [1.807, 2.05) is 36.4 Å². The first kappa shape index (κ1) is 18.3. The summed E-state index contributed by atoms with van der Waals surface area (Å²) in [6.45, 7) is 1.63. The van der Waals surface area contributed by atoms with Crippen molar-refractivity contribution in [1.82, 2.24) is 0 Å². The van der Waals surface area contributed by atoms with E-state index in [9.17, 15) is 14.7 Å². The molecule has 0 spiro atoms. The average molecular weight is 393 g/mol. The summed E-state index contributed by atoms with van der Waals surface area (Å²) in [6.07, 6.45) is -0.654. The molecule has 0 saturated heterocycles. The topological polar surface area (TPSA) is 66.8 Å². The lowest BCUT2D eigenvalue weighted by molar-refractivity contribution is -0.138. The zero-order valence-corrected chi connectivity index (χ0v) is 16.1. The number of benzene rings is 2. The van der Waals surface area contributed by atoms with Crippen LogP contribution in [-0.2, 0) is 9.53 Å².